The summed E-state index contributed by atoms with van der Waals surface area (Å²) in [5.41, 5.74) is 0. The van der Waals surface area contributed by atoms with Gasteiger partial charge in [-0.3, -0.25) is 0 Å². The normalized spacial score (nSPS) is 31.6. The molecule has 1 aliphatic rings. The van der Waals surface area contributed by atoms with E-state index in [1.807, 2.05) is 0 Å². The van der Waals surface area contributed by atoms with Crippen LogP contribution in [0.1, 0.15) is 26.2 Å². The van der Waals surface area contributed by atoms with Gasteiger partial charge in [-0.05, 0) is 30.0 Å². The molecule has 0 aromatic rings. The Hall–Kier alpha value is 0.0900. The molecule has 1 fully saturated rings. The average molecular weight is 114 g/mol. The highest BCUT2D eigenvalue weighted by molar-refractivity contribution is 7.80. The van der Waals surface area contributed by atoms with Crippen molar-refractivity contribution in [3.05, 3.63) is 0 Å². The van der Waals surface area contributed by atoms with Crippen LogP contribution >= 0.6 is 12.2 Å². The lowest BCUT2D eigenvalue weighted by Gasteiger charge is -1.94. The van der Waals surface area contributed by atoms with Crippen LogP contribution in [-0.2, 0) is 0 Å². The molecule has 0 bridgehead atoms. The van der Waals surface area contributed by atoms with Gasteiger partial charge >= 0.3 is 0 Å². The van der Waals surface area contributed by atoms with Crippen LogP contribution in [-0.4, -0.2) is 4.86 Å². The third kappa shape index (κ3) is 1.00. The van der Waals surface area contributed by atoms with E-state index in [4.69, 9.17) is 12.2 Å². The fourth-order valence-corrected chi connectivity index (χ4v) is 1.25. The van der Waals surface area contributed by atoms with E-state index in [2.05, 4.69) is 6.92 Å². The predicted molar refractivity (Wildman–Crippen MR) is 35.6 cm³/mol. The summed E-state index contributed by atoms with van der Waals surface area (Å²) in [7, 11) is 0. The molecule has 7 heavy (non-hydrogen) atoms. The van der Waals surface area contributed by atoms with Crippen molar-refractivity contribution in [2.45, 2.75) is 26.2 Å². The molecule has 0 unspecified atom stereocenters. The van der Waals surface area contributed by atoms with Crippen LogP contribution in [0, 0.1) is 5.92 Å². The van der Waals surface area contributed by atoms with E-state index in [1.54, 1.807) is 0 Å². The zero-order valence-electron chi connectivity index (χ0n) is 4.61. The van der Waals surface area contributed by atoms with Gasteiger partial charge in [0.15, 0.2) is 0 Å². The number of thiocarbonyl (C=S) groups is 1. The van der Waals surface area contributed by atoms with Crippen molar-refractivity contribution in [2.24, 2.45) is 5.92 Å². The van der Waals surface area contributed by atoms with Crippen LogP contribution in [0.3, 0.4) is 0 Å². The minimum Gasteiger partial charge on any atom is -0.0894 e. The molecule has 1 rings (SSSR count). The number of hydrogen-bond donors (Lipinski definition) is 0. The van der Waals surface area contributed by atoms with E-state index in [0.717, 1.165) is 5.92 Å². The van der Waals surface area contributed by atoms with Gasteiger partial charge in [-0.15, -0.1) is 0 Å². The fraction of sp³-hybridized carbons (Fsp3) is 0.833. The topological polar surface area (TPSA) is 0 Å². The van der Waals surface area contributed by atoms with Crippen LogP contribution in [0.15, 0.2) is 0 Å². The Balaban J connectivity index is 2.48. The molecule has 0 N–H and O–H groups in total. The maximum atomic E-state index is 5.04. The van der Waals surface area contributed by atoms with E-state index in [-0.39, 0.29) is 0 Å². The molecule has 0 spiro atoms. The molecule has 0 nitrogen and oxygen atoms in total. The second-order valence-electron chi connectivity index (χ2n) is 2.26. The van der Waals surface area contributed by atoms with Gasteiger partial charge < -0.3 is 0 Å². The Kier molecular flexibility index (Phi) is 1.43. The highest BCUT2D eigenvalue weighted by Crippen LogP contribution is 2.21. The fourth-order valence-electron chi connectivity index (χ4n) is 0.990. The zero-order valence-corrected chi connectivity index (χ0v) is 5.42. The molecule has 1 heteroatoms. The molecule has 0 aliphatic heterocycles. The predicted octanol–water partition coefficient (Wildman–Crippen LogP) is 2.18. The monoisotopic (exact) mass is 114 g/mol. The molecular formula is C6H10S. The summed E-state index contributed by atoms with van der Waals surface area (Å²) in [5.74, 6) is 0.745. The zero-order chi connectivity index (χ0) is 5.28. The molecule has 1 atom stereocenters. The molecular weight excluding hydrogens is 104 g/mol. The molecule has 0 radical (unpaired) electrons. The smallest absolute Gasteiger partial charge is 0.00433 e. The standard InChI is InChI=1S/C6H10S/c1-5-3-2-4-6(5)7/h5H,2-4H2,1H3/t5-/m1/s1. The van der Waals surface area contributed by atoms with Crippen LogP contribution < -0.4 is 0 Å². The van der Waals surface area contributed by atoms with Gasteiger partial charge in [0.05, 0.1) is 0 Å². The second-order valence-corrected chi connectivity index (χ2v) is 2.78. The van der Waals surface area contributed by atoms with Crippen molar-refractivity contribution in [3.63, 3.8) is 0 Å². The number of hydrogen-bond acceptors (Lipinski definition) is 1. The van der Waals surface area contributed by atoms with Gasteiger partial charge in [-0.2, -0.15) is 0 Å². The summed E-state index contributed by atoms with van der Waals surface area (Å²) < 4.78 is 0. The summed E-state index contributed by atoms with van der Waals surface area (Å²) >= 11 is 5.04. The number of rotatable bonds is 0. The highest BCUT2D eigenvalue weighted by atomic mass is 32.1. The minimum absolute atomic E-state index is 0.745. The summed E-state index contributed by atoms with van der Waals surface area (Å²) in [6.45, 7) is 2.22. The largest absolute Gasteiger partial charge is 0.0894 e. The Morgan fingerprint density at radius 3 is 2.57 bits per heavy atom. The first-order chi connectivity index (χ1) is 3.30. The molecule has 40 valence electrons. The van der Waals surface area contributed by atoms with Gasteiger partial charge in [0.2, 0.25) is 0 Å². The van der Waals surface area contributed by atoms with Crippen molar-refractivity contribution >= 4 is 17.1 Å². The van der Waals surface area contributed by atoms with Gasteiger partial charge in [0, 0.05) is 0 Å². The Labute approximate surface area is 49.9 Å². The van der Waals surface area contributed by atoms with E-state index in [0.29, 0.717) is 0 Å². The Bertz CT molecular complexity index is 86.2. The molecule has 0 saturated heterocycles. The summed E-state index contributed by atoms with van der Waals surface area (Å²) in [6, 6.07) is 0. The Morgan fingerprint density at radius 2 is 2.43 bits per heavy atom. The van der Waals surface area contributed by atoms with Crippen molar-refractivity contribution in [2.75, 3.05) is 0 Å². The summed E-state index contributed by atoms with van der Waals surface area (Å²) in [6.07, 6.45) is 3.87. The molecule has 0 amide bonds. The van der Waals surface area contributed by atoms with Gasteiger partial charge in [0.25, 0.3) is 0 Å². The second kappa shape index (κ2) is 1.91. The van der Waals surface area contributed by atoms with Gasteiger partial charge in [-0.1, -0.05) is 19.1 Å². The van der Waals surface area contributed by atoms with Crippen molar-refractivity contribution in [1.29, 1.82) is 0 Å². The van der Waals surface area contributed by atoms with Crippen LogP contribution in [0.25, 0.3) is 0 Å². The third-order valence-corrected chi connectivity index (χ3v) is 2.22. The lowest BCUT2D eigenvalue weighted by molar-refractivity contribution is 0.731. The van der Waals surface area contributed by atoms with Crippen LogP contribution in [0.5, 0.6) is 0 Å². The quantitative estimate of drug-likeness (QED) is 0.435. The molecule has 0 heterocycles. The lowest BCUT2D eigenvalue weighted by atomic mass is 10.1. The minimum atomic E-state index is 0.745. The average Bonchev–Trinajstić information content (AvgIpc) is 1.91. The van der Waals surface area contributed by atoms with E-state index < -0.39 is 0 Å². The van der Waals surface area contributed by atoms with Crippen LogP contribution in [0.2, 0.25) is 0 Å². The van der Waals surface area contributed by atoms with Gasteiger partial charge in [-0.25, -0.2) is 0 Å². The SMILES string of the molecule is C[C@@H]1CCCC1=S. The first-order valence-corrected chi connectivity index (χ1v) is 3.24. The lowest BCUT2D eigenvalue weighted by Crippen LogP contribution is -1.95. The summed E-state index contributed by atoms with van der Waals surface area (Å²) in [5, 5.41) is 0. The van der Waals surface area contributed by atoms with E-state index in [1.165, 1.54) is 24.1 Å². The molecule has 0 aromatic heterocycles. The summed E-state index contributed by atoms with van der Waals surface area (Å²) in [4.78, 5) is 1.29. The first kappa shape index (κ1) is 5.23. The first-order valence-electron chi connectivity index (χ1n) is 2.83. The van der Waals surface area contributed by atoms with E-state index in [9.17, 15) is 0 Å². The third-order valence-electron chi connectivity index (χ3n) is 1.61. The van der Waals surface area contributed by atoms with Crippen molar-refractivity contribution < 1.29 is 0 Å². The van der Waals surface area contributed by atoms with Crippen molar-refractivity contribution in [1.82, 2.24) is 0 Å². The van der Waals surface area contributed by atoms with E-state index >= 15 is 0 Å². The maximum Gasteiger partial charge on any atom is -0.00433 e. The van der Waals surface area contributed by atoms with Crippen molar-refractivity contribution in [3.8, 4) is 0 Å². The highest BCUT2D eigenvalue weighted by Gasteiger charge is 2.14. The van der Waals surface area contributed by atoms with Gasteiger partial charge in [0.1, 0.15) is 0 Å². The maximum absolute atomic E-state index is 5.04. The Morgan fingerprint density at radius 1 is 1.71 bits per heavy atom. The molecule has 1 saturated carbocycles. The van der Waals surface area contributed by atoms with Crippen LogP contribution in [0.4, 0.5) is 0 Å². The molecule has 0 aromatic carbocycles. The molecule has 1 aliphatic carbocycles.